The molecule has 4 unspecified atom stereocenters. The molecule has 2 saturated heterocycles. The Bertz CT molecular complexity index is 548. The van der Waals surface area contributed by atoms with Crippen LogP contribution in [0.2, 0.25) is 0 Å². The molecule has 4 rings (SSSR count). The second-order valence-electron chi connectivity index (χ2n) is 5.94. The molecule has 1 saturated carbocycles. The lowest BCUT2D eigenvalue weighted by Crippen LogP contribution is -2.35. The van der Waals surface area contributed by atoms with E-state index in [2.05, 4.69) is 0 Å². The van der Waals surface area contributed by atoms with Crippen molar-refractivity contribution in [2.45, 2.75) is 31.0 Å². The zero-order valence-electron chi connectivity index (χ0n) is 10.8. The van der Waals surface area contributed by atoms with Crippen LogP contribution in [0.4, 0.5) is 8.78 Å². The standard InChI is InChI=1S/C15H15F2NO2/c16-15(17)6-10-11(7-15)13(19)18-12(10)8-20-14(18)9-4-2-1-3-5-9/h1-5,10-12,14H,6-8H2. The van der Waals surface area contributed by atoms with Crippen molar-refractivity contribution in [1.29, 1.82) is 0 Å². The Kier molecular flexibility index (Phi) is 2.46. The molecule has 1 aromatic rings. The number of alkyl halides is 2. The first-order valence-corrected chi connectivity index (χ1v) is 6.93. The van der Waals surface area contributed by atoms with Crippen molar-refractivity contribution >= 4 is 5.91 Å². The number of carbonyl (C=O) groups excluding carboxylic acids is 1. The Hall–Kier alpha value is -1.49. The molecule has 3 fully saturated rings. The number of halogens is 2. The van der Waals surface area contributed by atoms with Crippen LogP contribution in [0.3, 0.4) is 0 Å². The number of nitrogens with zero attached hydrogens (tertiary/aromatic N) is 1. The van der Waals surface area contributed by atoms with Gasteiger partial charge < -0.3 is 9.64 Å². The van der Waals surface area contributed by atoms with Gasteiger partial charge >= 0.3 is 0 Å². The zero-order valence-corrected chi connectivity index (χ0v) is 10.8. The topological polar surface area (TPSA) is 29.5 Å². The number of fused-ring (bicyclic) bond motifs is 3. The predicted molar refractivity (Wildman–Crippen MR) is 66.9 cm³/mol. The second kappa shape index (κ2) is 4.01. The fourth-order valence-electron chi connectivity index (χ4n) is 3.92. The van der Waals surface area contributed by atoms with Crippen LogP contribution >= 0.6 is 0 Å². The molecule has 106 valence electrons. The maximum absolute atomic E-state index is 13.5. The molecule has 4 atom stereocenters. The summed E-state index contributed by atoms with van der Waals surface area (Å²) >= 11 is 0. The van der Waals surface area contributed by atoms with Crippen LogP contribution < -0.4 is 0 Å². The summed E-state index contributed by atoms with van der Waals surface area (Å²) in [7, 11) is 0. The first-order valence-electron chi connectivity index (χ1n) is 6.93. The summed E-state index contributed by atoms with van der Waals surface area (Å²) in [6.07, 6.45) is -0.895. The van der Waals surface area contributed by atoms with E-state index in [-0.39, 0.29) is 30.7 Å². The van der Waals surface area contributed by atoms with Gasteiger partial charge in [0.15, 0.2) is 6.23 Å². The maximum Gasteiger partial charge on any atom is 0.249 e. The van der Waals surface area contributed by atoms with Crippen molar-refractivity contribution in [2.75, 3.05) is 6.61 Å². The lowest BCUT2D eigenvalue weighted by molar-refractivity contribution is -0.139. The van der Waals surface area contributed by atoms with Crippen molar-refractivity contribution in [3.05, 3.63) is 35.9 Å². The molecule has 0 bridgehead atoms. The van der Waals surface area contributed by atoms with Crippen molar-refractivity contribution in [3.63, 3.8) is 0 Å². The SMILES string of the molecule is O=C1C2CC(F)(F)CC2C2COC(c3ccccc3)N12. The molecule has 1 aliphatic carbocycles. The van der Waals surface area contributed by atoms with Gasteiger partial charge in [0.25, 0.3) is 0 Å². The molecule has 0 radical (unpaired) electrons. The Morgan fingerprint density at radius 2 is 1.95 bits per heavy atom. The third kappa shape index (κ3) is 1.62. The Labute approximate surface area is 115 Å². The van der Waals surface area contributed by atoms with Gasteiger partial charge in [0, 0.05) is 24.3 Å². The second-order valence-corrected chi connectivity index (χ2v) is 5.94. The first kappa shape index (κ1) is 12.3. The Morgan fingerprint density at radius 3 is 2.70 bits per heavy atom. The fourth-order valence-corrected chi connectivity index (χ4v) is 3.92. The number of benzene rings is 1. The van der Waals surface area contributed by atoms with Gasteiger partial charge in [-0.3, -0.25) is 4.79 Å². The largest absolute Gasteiger partial charge is 0.352 e. The minimum absolute atomic E-state index is 0.163. The van der Waals surface area contributed by atoms with E-state index in [9.17, 15) is 13.6 Å². The lowest BCUT2D eigenvalue weighted by Gasteiger charge is -2.25. The molecule has 0 spiro atoms. The van der Waals surface area contributed by atoms with Crippen molar-refractivity contribution in [2.24, 2.45) is 11.8 Å². The normalized spacial score (nSPS) is 38.1. The lowest BCUT2D eigenvalue weighted by atomic mass is 9.94. The van der Waals surface area contributed by atoms with Gasteiger partial charge in [0.2, 0.25) is 11.8 Å². The van der Waals surface area contributed by atoms with Crippen LogP contribution in [0.15, 0.2) is 30.3 Å². The monoisotopic (exact) mass is 279 g/mol. The van der Waals surface area contributed by atoms with E-state index in [4.69, 9.17) is 4.74 Å². The van der Waals surface area contributed by atoms with Gasteiger partial charge in [-0.25, -0.2) is 8.78 Å². The molecule has 5 heteroatoms. The van der Waals surface area contributed by atoms with E-state index in [1.54, 1.807) is 4.90 Å². The zero-order chi connectivity index (χ0) is 13.9. The van der Waals surface area contributed by atoms with Gasteiger partial charge in [-0.15, -0.1) is 0 Å². The van der Waals surface area contributed by atoms with Crippen LogP contribution in [0.5, 0.6) is 0 Å². The van der Waals surface area contributed by atoms with Crippen molar-refractivity contribution < 1.29 is 18.3 Å². The molecule has 1 amide bonds. The van der Waals surface area contributed by atoms with Crippen molar-refractivity contribution in [3.8, 4) is 0 Å². The molecule has 3 aliphatic rings. The molecule has 20 heavy (non-hydrogen) atoms. The van der Waals surface area contributed by atoms with Crippen LogP contribution in [0.25, 0.3) is 0 Å². The average molecular weight is 279 g/mol. The van der Waals surface area contributed by atoms with E-state index in [0.29, 0.717) is 6.61 Å². The van der Waals surface area contributed by atoms with Crippen molar-refractivity contribution in [1.82, 2.24) is 4.90 Å². The summed E-state index contributed by atoms with van der Waals surface area (Å²) in [4.78, 5) is 14.1. The molecule has 0 N–H and O–H groups in total. The van der Waals surface area contributed by atoms with E-state index in [0.717, 1.165) is 5.56 Å². The summed E-state index contributed by atoms with van der Waals surface area (Å²) in [5, 5.41) is 0. The molecule has 1 aromatic carbocycles. The van der Waals surface area contributed by atoms with Gasteiger partial charge in [0.05, 0.1) is 12.6 Å². The fraction of sp³-hybridized carbons (Fsp3) is 0.533. The number of hydrogen-bond acceptors (Lipinski definition) is 2. The molecule has 2 aliphatic heterocycles. The van der Waals surface area contributed by atoms with Gasteiger partial charge in [-0.05, 0) is 5.92 Å². The Balaban J connectivity index is 1.65. The number of ether oxygens (including phenoxy) is 1. The highest BCUT2D eigenvalue weighted by atomic mass is 19.3. The van der Waals surface area contributed by atoms with Crippen LogP contribution in [-0.2, 0) is 9.53 Å². The molecule has 0 aromatic heterocycles. The minimum atomic E-state index is -2.69. The number of carbonyl (C=O) groups is 1. The highest BCUT2D eigenvalue weighted by Gasteiger charge is 2.62. The summed E-state index contributed by atoms with van der Waals surface area (Å²) in [5.74, 6) is -3.64. The predicted octanol–water partition coefficient (Wildman–Crippen LogP) is 2.59. The average Bonchev–Trinajstić information content (AvgIpc) is 3.04. The van der Waals surface area contributed by atoms with Crippen LogP contribution in [-0.4, -0.2) is 29.4 Å². The van der Waals surface area contributed by atoms with E-state index >= 15 is 0 Å². The van der Waals surface area contributed by atoms with Crippen LogP contribution in [0, 0.1) is 11.8 Å². The molecular weight excluding hydrogens is 264 g/mol. The molecular formula is C15H15F2NO2. The smallest absolute Gasteiger partial charge is 0.249 e. The highest BCUT2D eigenvalue weighted by molar-refractivity contribution is 5.83. The Morgan fingerprint density at radius 1 is 1.20 bits per heavy atom. The summed E-state index contributed by atoms with van der Waals surface area (Å²) in [6.45, 7) is 0.364. The minimum Gasteiger partial charge on any atom is -0.352 e. The van der Waals surface area contributed by atoms with E-state index in [1.165, 1.54) is 0 Å². The number of rotatable bonds is 1. The maximum atomic E-state index is 13.5. The number of amides is 1. The summed E-state index contributed by atoms with van der Waals surface area (Å²) in [5.41, 5.74) is 0.912. The van der Waals surface area contributed by atoms with Gasteiger partial charge in [0.1, 0.15) is 0 Å². The third-order valence-corrected chi connectivity index (χ3v) is 4.76. The van der Waals surface area contributed by atoms with Gasteiger partial charge in [-0.1, -0.05) is 30.3 Å². The highest BCUT2D eigenvalue weighted by Crippen LogP contribution is 2.54. The van der Waals surface area contributed by atoms with Gasteiger partial charge in [-0.2, -0.15) is 0 Å². The van der Waals surface area contributed by atoms with Crippen LogP contribution in [0.1, 0.15) is 24.6 Å². The number of hydrogen-bond donors (Lipinski definition) is 0. The molecule has 3 nitrogen and oxygen atoms in total. The quantitative estimate of drug-likeness (QED) is 0.791. The third-order valence-electron chi connectivity index (χ3n) is 4.76. The first-order chi connectivity index (χ1) is 9.57. The van der Waals surface area contributed by atoms with E-state index < -0.39 is 18.1 Å². The molecule has 2 heterocycles. The summed E-state index contributed by atoms with van der Waals surface area (Å²) in [6, 6.07) is 9.30. The summed E-state index contributed by atoms with van der Waals surface area (Å²) < 4.78 is 32.7. The van der Waals surface area contributed by atoms with E-state index in [1.807, 2.05) is 30.3 Å².